The van der Waals surface area contributed by atoms with E-state index in [4.69, 9.17) is 0 Å². The Balaban J connectivity index is 1.71. The molecule has 0 amide bonds. The van der Waals surface area contributed by atoms with Crippen LogP contribution in [0.15, 0.2) is 17.5 Å². The maximum Gasteiger partial charge on any atom is 0.172 e. The Morgan fingerprint density at radius 3 is 3.05 bits per heavy atom. The lowest BCUT2D eigenvalue weighted by Crippen LogP contribution is -2.41. The van der Waals surface area contributed by atoms with Crippen molar-refractivity contribution in [2.75, 3.05) is 19.6 Å². The van der Waals surface area contributed by atoms with Gasteiger partial charge in [0.25, 0.3) is 0 Å². The summed E-state index contributed by atoms with van der Waals surface area (Å²) in [6.45, 7) is 4.75. The molecule has 1 aromatic rings. The highest BCUT2D eigenvalue weighted by atomic mass is 32.1. The highest BCUT2D eigenvalue weighted by molar-refractivity contribution is 7.12. The molecule has 0 radical (unpaired) electrons. The van der Waals surface area contributed by atoms with Gasteiger partial charge in [0.15, 0.2) is 5.78 Å². The zero-order chi connectivity index (χ0) is 13.7. The normalized spacial score (nSPS) is 20.7. The Hall–Kier alpha value is -1.00. The van der Waals surface area contributed by atoms with Crippen LogP contribution in [0.5, 0.6) is 0 Å². The number of rotatable bonds is 6. The quantitative estimate of drug-likeness (QED) is 0.751. The van der Waals surface area contributed by atoms with Crippen molar-refractivity contribution in [3.05, 3.63) is 22.4 Å². The van der Waals surface area contributed by atoms with Gasteiger partial charge in [-0.1, -0.05) is 13.0 Å². The molecule has 0 aliphatic carbocycles. The van der Waals surface area contributed by atoms with E-state index in [9.17, 15) is 9.59 Å². The molecule has 1 aromatic heterocycles. The second-order valence-electron chi connectivity index (χ2n) is 5.13. The van der Waals surface area contributed by atoms with Crippen molar-refractivity contribution in [1.29, 1.82) is 0 Å². The first-order valence-electron chi connectivity index (χ1n) is 7.02. The highest BCUT2D eigenvalue weighted by Gasteiger charge is 2.25. The number of hydrogen-bond donors (Lipinski definition) is 0. The minimum Gasteiger partial charge on any atom is -0.302 e. The predicted octanol–water partition coefficient (Wildman–Crippen LogP) is 3.01. The lowest BCUT2D eigenvalue weighted by Gasteiger charge is -2.31. The highest BCUT2D eigenvalue weighted by Crippen LogP contribution is 2.17. The van der Waals surface area contributed by atoms with Crippen LogP contribution in [0.3, 0.4) is 0 Å². The van der Waals surface area contributed by atoms with Crippen LogP contribution in [0, 0.1) is 5.92 Å². The van der Waals surface area contributed by atoms with Crippen LogP contribution in [0.1, 0.15) is 42.3 Å². The third-order valence-corrected chi connectivity index (χ3v) is 4.69. The summed E-state index contributed by atoms with van der Waals surface area (Å²) < 4.78 is 0. The Kier molecular flexibility index (Phi) is 5.28. The van der Waals surface area contributed by atoms with Gasteiger partial charge < -0.3 is 4.90 Å². The van der Waals surface area contributed by atoms with E-state index in [1.807, 2.05) is 17.5 Å². The lowest BCUT2D eigenvalue weighted by molar-refractivity contribution is -0.126. The fourth-order valence-corrected chi connectivity index (χ4v) is 3.26. The van der Waals surface area contributed by atoms with Crippen LogP contribution in [0.2, 0.25) is 0 Å². The second-order valence-corrected chi connectivity index (χ2v) is 6.07. The van der Waals surface area contributed by atoms with E-state index in [1.54, 1.807) is 0 Å². The van der Waals surface area contributed by atoms with Gasteiger partial charge >= 0.3 is 0 Å². The molecule has 1 fully saturated rings. The molecule has 4 heteroatoms. The summed E-state index contributed by atoms with van der Waals surface area (Å²) in [5.74, 6) is 0.866. The van der Waals surface area contributed by atoms with Gasteiger partial charge in [0.2, 0.25) is 0 Å². The van der Waals surface area contributed by atoms with Crippen molar-refractivity contribution in [2.24, 2.45) is 5.92 Å². The maximum absolute atomic E-state index is 11.9. The van der Waals surface area contributed by atoms with E-state index in [0.717, 1.165) is 37.4 Å². The molecule has 3 nitrogen and oxygen atoms in total. The molecule has 1 saturated heterocycles. The molecule has 19 heavy (non-hydrogen) atoms. The summed E-state index contributed by atoms with van der Waals surface area (Å²) >= 11 is 1.51. The van der Waals surface area contributed by atoms with Crippen LogP contribution in [-0.4, -0.2) is 36.1 Å². The van der Waals surface area contributed by atoms with Crippen molar-refractivity contribution >= 4 is 22.9 Å². The maximum atomic E-state index is 11.9. The molecule has 0 saturated carbocycles. The smallest absolute Gasteiger partial charge is 0.172 e. The molecule has 1 atom stereocenters. The van der Waals surface area contributed by atoms with Crippen LogP contribution >= 0.6 is 11.3 Å². The van der Waals surface area contributed by atoms with Crippen LogP contribution in [0.4, 0.5) is 0 Å². The number of carbonyl (C=O) groups excluding carboxylic acids is 2. The van der Waals surface area contributed by atoms with Gasteiger partial charge in [-0.3, -0.25) is 9.59 Å². The lowest BCUT2D eigenvalue weighted by atomic mass is 9.94. The van der Waals surface area contributed by atoms with Crippen LogP contribution < -0.4 is 0 Å². The zero-order valence-corrected chi connectivity index (χ0v) is 12.2. The molecule has 1 aliphatic heterocycles. The largest absolute Gasteiger partial charge is 0.302 e. The van der Waals surface area contributed by atoms with E-state index in [-0.39, 0.29) is 11.7 Å². The minimum atomic E-state index is 0.210. The number of Topliss-reactive ketones (excluding diaryl/α,β-unsaturated/α-hetero) is 2. The van der Waals surface area contributed by atoms with Crippen molar-refractivity contribution < 1.29 is 9.59 Å². The fourth-order valence-electron chi connectivity index (χ4n) is 2.56. The van der Waals surface area contributed by atoms with E-state index >= 15 is 0 Å². The van der Waals surface area contributed by atoms with E-state index in [0.29, 0.717) is 18.6 Å². The fraction of sp³-hybridized carbons (Fsp3) is 0.600. The first-order valence-corrected chi connectivity index (χ1v) is 7.90. The molecule has 2 rings (SSSR count). The molecular weight excluding hydrogens is 258 g/mol. The molecule has 0 bridgehead atoms. The van der Waals surface area contributed by atoms with Crippen molar-refractivity contribution in [1.82, 2.24) is 4.90 Å². The van der Waals surface area contributed by atoms with E-state index in [1.165, 1.54) is 11.3 Å². The molecule has 2 heterocycles. The first kappa shape index (κ1) is 14.4. The minimum absolute atomic E-state index is 0.210. The van der Waals surface area contributed by atoms with E-state index in [2.05, 4.69) is 11.8 Å². The van der Waals surface area contributed by atoms with Gasteiger partial charge in [0.1, 0.15) is 5.78 Å². The monoisotopic (exact) mass is 279 g/mol. The topological polar surface area (TPSA) is 37.4 Å². The van der Waals surface area contributed by atoms with Gasteiger partial charge in [-0.15, -0.1) is 11.3 Å². The molecule has 0 aromatic carbocycles. The molecular formula is C15H21NO2S. The Bertz CT molecular complexity index is 427. The molecule has 0 spiro atoms. The Morgan fingerprint density at radius 1 is 1.53 bits per heavy atom. The number of likely N-dealkylation sites (tertiary alicyclic amines) is 1. The summed E-state index contributed by atoms with van der Waals surface area (Å²) in [7, 11) is 0. The summed E-state index contributed by atoms with van der Waals surface area (Å²) in [4.78, 5) is 26.7. The zero-order valence-electron chi connectivity index (χ0n) is 11.4. The summed E-state index contributed by atoms with van der Waals surface area (Å²) in [6.07, 6.45) is 3.12. The van der Waals surface area contributed by atoms with Gasteiger partial charge in [-0.05, 0) is 30.8 Å². The molecule has 0 N–H and O–H groups in total. The van der Waals surface area contributed by atoms with Gasteiger partial charge in [-0.2, -0.15) is 0 Å². The summed E-state index contributed by atoms with van der Waals surface area (Å²) in [5, 5.41) is 1.94. The number of nitrogens with zero attached hydrogens (tertiary/aromatic N) is 1. The molecule has 1 aliphatic rings. The van der Waals surface area contributed by atoms with Crippen molar-refractivity contribution in [3.8, 4) is 0 Å². The van der Waals surface area contributed by atoms with Crippen LogP contribution in [0.25, 0.3) is 0 Å². The first-order chi connectivity index (χ1) is 9.20. The third-order valence-electron chi connectivity index (χ3n) is 3.78. The SMILES string of the molecule is CCC1CN(CCCC(=O)c2cccs2)CCC1=O. The van der Waals surface area contributed by atoms with Crippen LogP contribution in [-0.2, 0) is 4.79 Å². The Labute approximate surface area is 118 Å². The number of carbonyl (C=O) groups is 2. The second kappa shape index (κ2) is 6.96. The van der Waals surface area contributed by atoms with Gasteiger partial charge in [0.05, 0.1) is 4.88 Å². The number of hydrogen-bond acceptors (Lipinski definition) is 4. The van der Waals surface area contributed by atoms with E-state index < -0.39 is 0 Å². The third kappa shape index (κ3) is 3.98. The standard InChI is InChI=1S/C15H21NO2S/c1-2-12-11-16(9-7-13(12)17)8-3-5-14(18)15-6-4-10-19-15/h4,6,10,12H,2-3,5,7-9,11H2,1H3. The van der Waals surface area contributed by atoms with Crippen molar-refractivity contribution in [2.45, 2.75) is 32.6 Å². The van der Waals surface area contributed by atoms with Crippen molar-refractivity contribution in [3.63, 3.8) is 0 Å². The molecule has 1 unspecified atom stereocenters. The summed E-state index contributed by atoms with van der Waals surface area (Å²) in [5.41, 5.74) is 0. The number of piperidine rings is 1. The number of thiophene rings is 1. The molecule has 104 valence electrons. The number of ketones is 2. The van der Waals surface area contributed by atoms with Gasteiger partial charge in [-0.25, -0.2) is 0 Å². The van der Waals surface area contributed by atoms with Gasteiger partial charge in [0, 0.05) is 31.8 Å². The summed E-state index contributed by atoms with van der Waals surface area (Å²) in [6, 6.07) is 3.81. The average molecular weight is 279 g/mol. The predicted molar refractivity (Wildman–Crippen MR) is 77.7 cm³/mol. The average Bonchev–Trinajstić information content (AvgIpc) is 2.94. The Morgan fingerprint density at radius 2 is 2.37 bits per heavy atom.